The van der Waals surface area contributed by atoms with Gasteiger partial charge in [-0.25, -0.2) is 14.8 Å². The van der Waals surface area contributed by atoms with Crippen LogP contribution in [0.15, 0.2) is 42.6 Å². The second kappa shape index (κ2) is 7.97. The monoisotopic (exact) mass is 417 g/mol. The molecule has 1 aliphatic rings. The smallest absolute Gasteiger partial charge is 0.324 e. The van der Waals surface area contributed by atoms with Gasteiger partial charge in [0.15, 0.2) is 5.65 Å². The molecule has 1 fully saturated rings. The molecule has 0 radical (unpaired) electrons. The Morgan fingerprint density at radius 3 is 2.90 bits per heavy atom. The molecule has 1 N–H and O–H groups in total. The van der Waals surface area contributed by atoms with Gasteiger partial charge in [0, 0.05) is 31.5 Å². The van der Waals surface area contributed by atoms with Crippen molar-refractivity contribution in [3.63, 3.8) is 0 Å². The Balaban J connectivity index is 1.44. The summed E-state index contributed by atoms with van der Waals surface area (Å²) < 4.78 is 40.8. The maximum Gasteiger partial charge on any atom is 0.416 e. The van der Waals surface area contributed by atoms with E-state index in [9.17, 15) is 18.0 Å². The molecule has 0 bridgehead atoms. The van der Waals surface area contributed by atoms with E-state index >= 15 is 0 Å². The second-order valence-electron chi connectivity index (χ2n) is 7.58. The standard InChI is InChI=1S/C21H22F3N5O/c1-14-26-18-8-3-9-25-19(18)29(14)13-15-5-4-10-28(12-15)20(30)27-17-7-2-6-16(11-17)21(22,23)24/h2-3,6-9,11,15H,4-5,10,12-13H2,1H3,(H,27,30). The van der Waals surface area contributed by atoms with Crippen molar-refractivity contribution in [2.45, 2.75) is 32.5 Å². The first-order chi connectivity index (χ1) is 14.3. The highest BCUT2D eigenvalue weighted by molar-refractivity contribution is 5.89. The first kappa shape index (κ1) is 20.2. The van der Waals surface area contributed by atoms with Gasteiger partial charge in [-0.1, -0.05) is 6.07 Å². The van der Waals surface area contributed by atoms with Crippen molar-refractivity contribution < 1.29 is 18.0 Å². The van der Waals surface area contributed by atoms with Gasteiger partial charge in [0.1, 0.15) is 11.3 Å². The molecular formula is C21H22F3N5O. The van der Waals surface area contributed by atoms with Crippen molar-refractivity contribution in [3.8, 4) is 0 Å². The van der Waals surface area contributed by atoms with Gasteiger partial charge >= 0.3 is 12.2 Å². The van der Waals surface area contributed by atoms with Crippen LogP contribution in [0.25, 0.3) is 11.2 Å². The summed E-state index contributed by atoms with van der Waals surface area (Å²) >= 11 is 0. The molecule has 1 aliphatic heterocycles. The number of pyridine rings is 1. The number of aryl methyl sites for hydroxylation is 1. The first-order valence-corrected chi connectivity index (χ1v) is 9.82. The summed E-state index contributed by atoms with van der Waals surface area (Å²) in [7, 11) is 0. The maximum absolute atomic E-state index is 12.9. The number of imidazole rings is 1. The van der Waals surface area contributed by atoms with Crippen LogP contribution in [0, 0.1) is 12.8 Å². The number of rotatable bonds is 3. The normalized spacial score (nSPS) is 17.3. The largest absolute Gasteiger partial charge is 0.416 e. The SMILES string of the molecule is Cc1nc2cccnc2n1CC1CCCN(C(=O)Nc2cccc(C(F)(F)F)c2)C1. The van der Waals surface area contributed by atoms with E-state index in [1.807, 2.05) is 19.1 Å². The van der Waals surface area contributed by atoms with Crippen LogP contribution < -0.4 is 5.32 Å². The second-order valence-corrected chi connectivity index (χ2v) is 7.58. The number of urea groups is 1. The molecule has 1 atom stereocenters. The zero-order valence-electron chi connectivity index (χ0n) is 16.5. The lowest BCUT2D eigenvalue weighted by atomic mass is 9.98. The van der Waals surface area contributed by atoms with Crippen LogP contribution in [0.2, 0.25) is 0 Å². The fourth-order valence-electron chi connectivity index (χ4n) is 3.92. The number of hydrogen-bond acceptors (Lipinski definition) is 3. The lowest BCUT2D eigenvalue weighted by Crippen LogP contribution is -2.43. The minimum Gasteiger partial charge on any atom is -0.324 e. The number of fused-ring (bicyclic) bond motifs is 1. The molecule has 0 spiro atoms. The van der Waals surface area contributed by atoms with Gasteiger partial charge in [0.2, 0.25) is 0 Å². The number of nitrogens with zero attached hydrogens (tertiary/aromatic N) is 4. The molecule has 30 heavy (non-hydrogen) atoms. The number of anilines is 1. The van der Waals surface area contributed by atoms with E-state index in [0.29, 0.717) is 19.6 Å². The Morgan fingerprint density at radius 1 is 1.27 bits per heavy atom. The Hall–Kier alpha value is -3.10. The molecular weight excluding hydrogens is 395 g/mol. The number of carbonyl (C=O) groups excluding carboxylic acids is 1. The Morgan fingerprint density at radius 2 is 2.10 bits per heavy atom. The highest BCUT2D eigenvalue weighted by atomic mass is 19.4. The molecule has 1 unspecified atom stereocenters. The summed E-state index contributed by atoms with van der Waals surface area (Å²) in [6.45, 7) is 3.72. The third kappa shape index (κ3) is 4.24. The van der Waals surface area contributed by atoms with E-state index in [1.54, 1.807) is 11.1 Å². The predicted molar refractivity (Wildman–Crippen MR) is 107 cm³/mol. The molecule has 4 rings (SSSR count). The zero-order valence-corrected chi connectivity index (χ0v) is 16.5. The number of carbonyl (C=O) groups is 1. The zero-order chi connectivity index (χ0) is 21.3. The minimum absolute atomic E-state index is 0.137. The Kier molecular flexibility index (Phi) is 5.36. The molecule has 2 amide bonds. The number of benzene rings is 1. The number of piperidine rings is 1. The highest BCUT2D eigenvalue weighted by Crippen LogP contribution is 2.31. The van der Waals surface area contributed by atoms with Crippen LogP contribution in [0.4, 0.5) is 23.7 Å². The minimum atomic E-state index is -4.45. The maximum atomic E-state index is 12.9. The quantitative estimate of drug-likeness (QED) is 0.672. The fourth-order valence-corrected chi connectivity index (χ4v) is 3.92. The van der Waals surface area contributed by atoms with Gasteiger partial charge in [-0.3, -0.25) is 0 Å². The molecule has 3 aromatic rings. The average molecular weight is 417 g/mol. The number of nitrogens with one attached hydrogen (secondary N) is 1. The van der Waals surface area contributed by atoms with Gasteiger partial charge in [-0.05, 0) is 56.0 Å². The van der Waals surface area contributed by atoms with Gasteiger partial charge in [0.05, 0.1) is 5.56 Å². The molecule has 3 heterocycles. The summed E-state index contributed by atoms with van der Waals surface area (Å²) in [6.07, 6.45) is -0.925. The molecule has 0 saturated carbocycles. The predicted octanol–water partition coefficient (Wildman–Crippen LogP) is 4.70. The summed E-state index contributed by atoms with van der Waals surface area (Å²) in [4.78, 5) is 23.3. The van der Waals surface area contributed by atoms with Crippen LogP contribution in [0.3, 0.4) is 0 Å². The number of halogens is 3. The molecule has 158 valence electrons. The van der Waals surface area contributed by atoms with Crippen LogP contribution in [0.1, 0.15) is 24.2 Å². The number of likely N-dealkylation sites (tertiary alicyclic amines) is 1. The summed E-state index contributed by atoms with van der Waals surface area (Å²) in [5, 5.41) is 2.60. The number of amides is 2. The molecule has 1 aromatic carbocycles. The number of aromatic nitrogens is 3. The van der Waals surface area contributed by atoms with Gasteiger partial charge in [-0.2, -0.15) is 13.2 Å². The highest BCUT2D eigenvalue weighted by Gasteiger charge is 2.31. The van der Waals surface area contributed by atoms with Crippen molar-refractivity contribution in [2.24, 2.45) is 5.92 Å². The summed E-state index contributed by atoms with van der Waals surface area (Å²) in [5.41, 5.74) is 1.01. The molecule has 2 aromatic heterocycles. The number of alkyl halides is 3. The van der Waals surface area contributed by atoms with Gasteiger partial charge in [-0.15, -0.1) is 0 Å². The average Bonchev–Trinajstić information content (AvgIpc) is 3.03. The third-order valence-corrected chi connectivity index (χ3v) is 5.38. The lowest BCUT2D eigenvalue weighted by Gasteiger charge is -2.33. The van der Waals surface area contributed by atoms with Crippen molar-refractivity contribution >= 4 is 22.9 Å². The van der Waals surface area contributed by atoms with E-state index in [4.69, 9.17) is 0 Å². The van der Waals surface area contributed by atoms with Crippen LogP contribution >= 0.6 is 0 Å². The first-order valence-electron chi connectivity index (χ1n) is 9.82. The van der Waals surface area contributed by atoms with E-state index in [1.165, 1.54) is 12.1 Å². The molecule has 6 nitrogen and oxygen atoms in total. The lowest BCUT2D eigenvalue weighted by molar-refractivity contribution is -0.137. The van der Waals surface area contributed by atoms with Crippen molar-refractivity contribution in [2.75, 3.05) is 18.4 Å². The summed E-state index contributed by atoms with van der Waals surface area (Å²) in [6, 6.07) is 8.06. The summed E-state index contributed by atoms with van der Waals surface area (Å²) in [5.74, 6) is 1.08. The third-order valence-electron chi connectivity index (χ3n) is 5.38. The van der Waals surface area contributed by atoms with Gasteiger partial charge < -0.3 is 14.8 Å². The Labute approximate surface area is 171 Å². The van der Waals surface area contributed by atoms with Crippen LogP contribution in [-0.4, -0.2) is 38.6 Å². The van der Waals surface area contributed by atoms with E-state index in [2.05, 4.69) is 19.9 Å². The van der Waals surface area contributed by atoms with E-state index < -0.39 is 11.7 Å². The Bertz CT molecular complexity index is 1060. The van der Waals surface area contributed by atoms with E-state index in [0.717, 1.165) is 42.0 Å². The number of hydrogen-bond donors (Lipinski definition) is 1. The van der Waals surface area contributed by atoms with Crippen molar-refractivity contribution in [1.29, 1.82) is 0 Å². The fraction of sp³-hybridized carbons (Fsp3) is 0.381. The van der Waals surface area contributed by atoms with Gasteiger partial charge in [0.25, 0.3) is 0 Å². The van der Waals surface area contributed by atoms with Crippen LogP contribution in [0.5, 0.6) is 0 Å². The molecule has 9 heteroatoms. The molecule has 0 aliphatic carbocycles. The van der Waals surface area contributed by atoms with Crippen molar-refractivity contribution in [3.05, 3.63) is 54.0 Å². The molecule has 1 saturated heterocycles. The topological polar surface area (TPSA) is 63.1 Å². The van der Waals surface area contributed by atoms with E-state index in [-0.39, 0.29) is 17.6 Å². The van der Waals surface area contributed by atoms with Crippen molar-refractivity contribution in [1.82, 2.24) is 19.4 Å². The van der Waals surface area contributed by atoms with Crippen LogP contribution in [-0.2, 0) is 12.7 Å².